The van der Waals surface area contributed by atoms with Gasteiger partial charge in [0.25, 0.3) is 0 Å². The van der Waals surface area contributed by atoms with E-state index < -0.39 is 12.1 Å². The topological polar surface area (TPSA) is 75.3 Å². The summed E-state index contributed by atoms with van der Waals surface area (Å²) in [7, 11) is 0. The molecule has 0 amide bonds. The van der Waals surface area contributed by atoms with Crippen molar-refractivity contribution in [3.63, 3.8) is 0 Å². The number of Topliss-reactive ketones (excluding diaryl/α,β-unsaturated/α-hetero) is 1. The van der Waals surface area contributed by atoms with E-state index in [2.05, 4.69) is 10.1 Å². The molecule has 0 unspecified atom stereocenters. The number of nitriles is 1. The number of rotatable bonds is 5. The molecule has 1 heterocycles. The maximum Gasteiger partial charge on any atom is 0.573 e. The predicted octanol–water partition coefficient (Wildman–Crippen LogP) is 3.88. The molecule has 0 radical (unpaired) electrons. The van der Waals surface area contributed by atoms with Crippen molar-refractivity contribution in [2.24, 2.45) is 0 Å². The zero-order valence-corrected chi connectivity index (χ0v) is 11.4. The Balaban J connectivity index is 2.06. The number of nitrogens with zero attached hydrogens (tertiary/aromatic N) is 1. The van der Waals surface area contributed by atoms with Gasteiger partial charge in [0.1, 0.15) is 17.4 Å². The Labute approximate surface area is 128 Å². The van der Waals surface area contributed by atoms with Crippen LogP contribution in [0.5, 0.6) is 5.75 Å². The molecule has 5 nitrogen and oxygen atoms in total. The molecular formula is C15H9F3N2O3. The number of carbonyl (C=O) groups is 1. The lowest BCUT2D eigenvalue weighted by molar-refractivity contribution is -0.274. The van der Waals surface area contributed by atoms with Crippen molar-refractivity contribution in [3.8, 4) is 11.8 Å². The maximum atomic E-state index is 12.0. The Morgan fingerprint density at radius 3 is 2.48 bits per heavy atom. The summed E-state index contributed by atoms with van der Waals surface area (Å²) in [5.74, 6) is -0.977. The van der Waals surface area contributed by atoms with Crippen LogP contribution < -0.4 is 10.1 Å². The molecule has 0 aliphatic rings. The normalized spacial score (nSPS) is 11.7. The first-order chi connectivity index (χ1) is 10.9. The van der Waals surface area contributed by atoms with Gasteiger partial charge in [-0.2, -0.15) is 5.26 Å². The second-order valence-corrected chi connectivity index (χ2v) is 4.19. The van der Waals surface area contributed by atoms with E-state index in [0.717, 1.165) is 18.3 Å². The number of ether oxygens (including phenoxy) is 1. The van der Waals surface area contributed by atoms with Gasteiger partial charge in [0.2, 0.25) is 5.78 Å². The third-order valence-electron chi connectivity index (χ3n) is 2.58. The Morgan fingerprint density at radius 2 is 1.96 bits per heavy atom. The number of halogens is 3. The summed E-state index contributed by atoms with van der Waals surface area (Å²) in [4.78, 5) is 11.9. The fourth-order valence-electron chi connectivity index (χ4n) is 1.60. The van der Waals surface area contributed by atoms with E-state index in [-0.39, 0.29) is 17.1 Å². The lowest BCUT2D eigenvalue weighted by Crippen LogP contribution is -2.16. The van der Waals surface area contributed by atoms with Gasteiger partial charge in [-0.15, -0.1) is 13.2 Å². The number of anilines is 1. The highest BCUT2D eigenvalue weighted by molar-refractivity contribution is 6.09. The fourth-order valence-corrected chi connectivity index (χ4v) is 1.60. The van der Waals surface area contributed by atoms with Crippen LogP contribution in [0.15, 0.2) is 58.9 Å². The van der Waals surface area contributed by atoms with Crippen LogP contribution in [0.3, 0.4) is 0 Å². The van der Waals surface area contributed by atoms with Crippen LogP contribution in [0.1, 0.15) is 10.6 Å². The van der Waals surface area contributed by atoms with Crippen LogP contribution in [0, 0.1) is 11.3 Å². The first kappa shape index (κ1) is 16.2. The molecule has 0 atom stereocenters. The number of furan rings is 1. The summed E-state index contributed by atoms with van der Waals surface area (Å²) >= 11 is 0. The maximum absolute atomic E-state index is 12.0. The van der Waals surface area contributed by atoms with Gasteiger partial charge < -0.3 is 14.5 Å². The molecule has 8 heteroatoms. The summed E-state index contributed by atoms with van der Waals surface area (Å²) in [6, 6.07) is 9.46. The van der Waals surface area contributed by atoms with Gasteiger partial charge in [0.05, 0.1) is 6.26 Å². The zero-order valence-electron chi connectivity index (χ0n) is 11.4. The smallest absolute Gasteiger partial charge is 0.461 e. The molecule has 0 bridgehead atoms. The second-order valence-electron chi connectivity index (χ2n) is 4.19. The Morgan fingerprint density at radius 1 is 1.26 bits per heavy atom. The fraction of sp³-hybridized carbons (Fsp3) is 0.0667. The molecule has 0 saturated carbocycles. The third-order valence-corrected chi connectivity index (χ3v) is 2.58. The van der Waals surface area contributed by atoms with Crippen LogP contribution in [0.4, 0.5) is 18.9 Å². The van der Waals surface area contributed by atoms with E-state index in [9.17, 15) is 18.0 Å². The van der Waals surface area contributed by atoms with E-state index in [1.807, 2.05) is 0 Å². The Hall–Kier alpha value is -3.21. The number of alkyl halides is 3. The van der Waals surface area contributed by atoms with Crippen LogP contribution in [-0.4, -0.2) is 12.1 Å². The molecule has 23 heavy (non-hydrogen) atoms. The van der Waals surface area contributed by atoms with Crippen molar-refractivity contribution >= 4 is 11.5 Å². The van der Waals surface area contributed by atoms with Crippen LogP contribution in [0.2, 0.25) is 0 Å². The molecule has 2 rings (SSSR count). The summed E-state index contributed by atoms with van der Waals surface area (Å²) in [6.07, 6.45) is -2.32. The quantitative estimate of drug-likeness (QED) is 0.513. The number of ketones is 1. The minimum atomic E-state index is -4.77. The average Bonchev–Trinajstić information content (AvgIpc) is 3.02. The minimum Gasteiger partial charge on any atom is -0.461 e. The molecular weight excluding hydrogens is 313 g/mol. The number of hydrogen-bond donors (Lipinski definition) is 1. The summed E-state index contributed by atoms with van der Waals surface area (Å²) < 4.78 is 44.7. The van der Waals surface area contributed by atoms with Crippen molar-refractivity contribution in [1.29, 1.82) is 5.26 Å². The van der Waals surface area contributed by atoms with Crippen molar-refractivity contribution in [2.45, 2.75) is 6.36 Å². The molecule has 0 spiro atoms. The molecule has 2 aromatic rings. The highest BCUT2D eigenvalue weighted by Crippen LogP contribution is 2.24. The minimum absolute atomic E-state index is 0.00789. The largest absolute Gasteiger partial charge is 0.573 e. The SMILES string of the molecule is N#CC(=CNc1ccc(OC(F)(F)F)cc1)C(=O)c1ccco1. The first-order valence-corrected chi connectivity index (χ1v) is 6.20. The number of carbonyl (C=O) groups excluding carboxylic acids is 1. The number of allylic oxidation sites excluding steroid dienone is 1. The van der Waals surface area contributed by atoms with E-state index in [1.165, 1.54) is 30.5 Å². The van der Waals surface area contributed by atoms with E-state index in [0.29, 0.717) is 5.69 Å². The van der Waals surface area contributed by atoms with Gasteiger partial charge in [-0.25, -0.2) is 0 Å². The average molecular weight is 322 g/mol. The van der Waals surface area contributed by atoms with Crippen molar-refractivity contribution in [3.05, 3.63) is 60.2 Å². The molecule has 0 aliphatic carbocycles. The Kier molecular flexibility index (Phi) is 4.71. The first-order valence-electron chi connectivity index (χ1n) is 6.20. The van der Waals surface area contributed by atoms with Crippen LogP contribution >= 0.6 is 0 Å². The molecule has 0 aliphatic heterocycles. The molecule has 1 aromatic carbocycles. The number of hydrogen-bond acceptors (Lipinski definition) is 5. The van der Waals surface area contributed by atoms with Gasteiger partial charge in [0, 0.05) is 11.9 Å². The lowest BCUT2D eigenvalue weighted by Gasteiger charge is -2.09. The second kappa shape index (κ2) is 6.70. The van der Waals surface area contributed by atoms with E-state index in [1.54, 1.807) is 6.07 Å². The highest BCUT2D eigenvalue weighted by Gasteiger charge is 2.30. The Bertz CT molecular complexity index is 742. The number of nitrogens with one attached hydrogen (secondary N) is 1. The van der Waals surface area contributed by atoms with Gasteiger partial charge in [-0.3, -0.25) is 4.79 Å². The molecule has 1 N–H and O–H groups in total. The monoisotopic (exact) mass is 322 g/mol. The van der Waals surface area contributed by atoms with Gasteiger partial charge >= 0.3 is 6.36 Å². The van der Waals surface area contributed by atoms with Crippen molar-refractivity contribution in [2.75, 3.05) is 5.32 Å². The van der Waals surface area contributed by atoms with Gasteiger partial charge in [0.15, 0.2) is 5.76 Å². The van der Waals surface area contributed by atoms with Crippen molar-refractivity contribution < 1.29 is 27.1 Å². The zero-order chi connectivity index (χ0) is 16.9. The van der Waals surface area contributed by atoms with Crippen molar-refractivity contribution in [1.82, 2.24) is 0 Å². The van der Waals surface area contributed by atoms with Crippen LogP contribution in [0.25, 0.3) is 0 Å². The van der Waals surface area contributed by atoms with Gasteiger partial charge in [-0.05, 0) is 36.4 Å². The third kappa shape index (κ3) is 4.64. The molecule has 0 saturated heterocycles. The van der Waals surface area contributed by atoms with Gasteiger partial charge in [-0.1, -0.05) is 0 Å². The highest BCUT2D eigenvalue weighted by atomic mass is 19.4. The van der Waals surface area contributed by atoms with E-state index >= 15 is 0 Å². The standard InChI is InChI=1S/C15H9F3N2O3/c16-15(17,18)23-12-5-3-11(4-6-12)20-9-10(8-19)14(21)13-2-1-7-22-13/h1-7,9,20H. The summed E-state index contributed by atoms with van der Waals surface area (Å²) in [5.41, 5.74) is 0.162. The van der Waals surface area contributed by atoms with Crippen LogP contribution in [-0.2, 0) is 0 Å². The molecule has 118 valence electrons. The predicted molar refractivity (Wildman–Crippen MR) is 73.5 cm³/mol. The lowest BCUT2D eigenvalue weighted by atomic mass is 10.1. The molecule has 0 fully saturated rings. The molecule has 1 aromatic heterocycles. The van der Waals surface area contributed by atoms with E-state index in [4.69, 9.17) is 9.68 Å². The summed E-state index contributed by atoms with van der Waals surface area (Å²) in [5, 5.41) is 11.6. The summed E-state index contributed by atoms with van der Waals surface area (Å²) in [6.45, 7) is 0. The number of benzene rings is 1.